The molecule has 0 amide bonds. The lowest BCUT2D eigenvalue weighted by Gasteiger charge is -2.29. The second-order valence-corrected chi connectivity index (χ2v) is 5.29. The van der Waals surface area contributed by atoms with Crippen LogP contribution in [0.25, 0.3) is 0 Å². The number of nitrogens with two attached hydrogens (primary N) is 1. The van der Waals surface area contributed by atoms with Crippen molar-refractivity contribution in [1.29, 1.82) is 0 Å². The molecular weight excluding hydrogens is 266 g/mol. The minimum absolute atomic E-state index is 0.0461. The predicted octanol–water partition coefficient (Wildman–Crippen LogP) is 1.74. The van der Waals surface area contributed by atoms with Gasteiger partial charge in [-0.1, -0.05) is 24.3 Å². The number of carboxylic acids is 1. The predicted molar refractivity (Wildman–Crippen MR) is 81.2 cm³/mol. The van der Waals surface area contributed by atoms with E-state index in [2.05, 4.69) is 5.10 Å². The van der Waals surface area contributed by atoms with Crippen molar-refractivity contribution in [1.82, 2.24) is 9.78 Å². The third-order valence-electron chi connectivity index (χ3n) is 3.94. The van der Waals surface area contributed by atoms with E-state index in [4.69, 9.17) is 5.73 Å². The number of aliphatic carboxylic acids is 1. The van der Waals surface area contributed by atoms with Crippen molar-refractivity contribution in [3.05, 3.63) is 53.3 Å². The Morgan fingerprint density at radius 3 is 2.67 bits per heavy atom. The Morgan fingerprint density at radius 2 is 2.14 bits per heavy atom. The summed E-state index contributed by atoms with van der Waals surface area (Å²) in [6.07, 6.45) is 3.93. The van der Waals surface area contributed by atoms with Gasteiger partial charge >= 0.3 is 5.97 Å². The smallest absolute Gasteiger partial charge is 0.315 e. The molecule has 0 bridgehead atoms. The molecule has 0 saturated carbocycles. The first kappa shape index (κ1) is 15.3. The number of benzene rings is 1. The summed E-state index contributed by atoms with van der Waals surface area (Å²) >= 11 is 0. The Balaban J connectivity index is 2.47. The molecule has 2 aromatic rings. The first-order valence-corrected chi connectivity index (χ1v) is 7.04. The van der Waals surface area contributed by atoms with Crippen molar-refractivity contribution in [3.8, 4) is 0 Å². The Morgan fingerprint density at radius 1 is 1.43 bits per heavy atom. The first-order valence-electron chi connectivity index (χ1n) is 7.04. The minimum Gasteiger partial charge on any atom is -0.481 e. The second kappa shape index (κ2) is 6.10. The summed E-state index contributed by atoms with van der Waals surface area (Å²) in [6.45, 7) is 4.71. The number of aryl methyl sites for hydroxylation is 2. The number of aromatic nitrogens is 2. The van der Waals surface area contributed by atoms with Crippen molar-refractivity contribution in [2.75, 3.05) is 6.54 Å². The molecule has 5 nitrogen and oxygen atoms in total. The summed E-state index contributed by atoms with van der Waals surface area (Å²) in [7, 11) is 0. The molecule has 0 aliphatic rings. The third-order valence-corrected chi connectivity index (χ3v) is 3.94. The standard InChI is InChI=1S/C16H21N3O2/c1-3-19-10-13(9-18-19)8-16(11-17,15(20)21)14-7-5-4-6-12(14)2/h4-7,9-10H,3,8,11,17H2,1-2H3,(H,20,21). The lowest BCUT2D eigenvalue weighted by atomic mass is 9.74. The number of nitrogens with zero attached hydrogens (tertiary/aromatic N) is 2. The van der Waals surface area contributed by atoms with E-state index < -0.39 is 11.4 Å². The molecule has 1 aromatic carbocycles. The quantitative estimate of drug-likeness (QED) is 0.848. The monoisotopic (exact) mass is 287 g/mol. The molecule has 21 heavy (non-hydrogen) atoms. The van der Waals surface area contributed by atoms with E-state index in [1.807, 2.05) is 44.3 Å². The highest BCUT2D eigenvalue weighted by Gasteiger charge is 2.40. The van der Waals surface area contributed by atoms with Gasteiger partial charge in [-0.05, 0) is 37.0 Å². The van der Waals surface area contributed by atoms with Gasteiger partial charge in [0.15, 0.2) is 0 Å². The molecule has 1 aromatic heterocycles. The van der Waals surface area contributed by atoms with Gasteiger partial charge in [0.25, 0.3) is 0 Å². The number of carboxylic acid groups (broad SMARTS) is 1. The molecule has 3 N–H and O–H groups in total. The van der Waals surface area contributed by atoms with Crippen molar-refractivity contribution in [2.45, 2.75) is 32.2 Å². The van der Waals surface area contributed by atoms with Crippen LogP contribution in [0.1, 0.15) is 23.6 Å². The highest BCUT2D eigenvalue weighted by molar-refractivity contribution is 5.82. The number of hydrogen-bond donors (Lipinski definition) is 2. The van der Waals surface area contributed by atoms with Crippen LogP contribution in [0.2, 0.25) is 0 Å². The minimum atomic E-state index is -1.12. The summed E-state index contributed by atoms with van der Waals surface area (Å²) in [4.78, 5) is 12.0. The average molecular weight is 287 g/mol. The van der Waals surface area contributed by atoms with Gasteiger partial charge in [-0.15, -0.1) is 0 Å². The molecule has 0 aliphatic carbocycles. The van der Waals surface area contributed by atoms with Gasteiger partial charge in [-0.2, -0.15) is 5.10 Å². The number of rotatable bonds is 6. The fourth-order valence-corrected chi connectivity index (χ4v) is 2.68. The molecule has 1 unspecified atom stereocenters. The van der Waals surface area contributed by atoms with E-state index in [-0.39, 0.29) is 6.54 Å². The lowest BCUT2D eigenvalue weighted by Crippen LogP contribution is -2.45. The van der Waals surface area contributed by atoms with Crippen LogP contribution in [-0.2, 0) is 23.2 Å². The van der Waals surface area contributed by atoms with Gasteiger partial charge in [-0.25, -0.2) is 0 Å². The van der Waals surface area contributed by atoms with Crippen molar-refractivity contribution >= 4 is 5.97 Å². The van der Waals surface area contributed by atoms with E-state index in [0.29, 0.717) is 6.42 Å². The van der Waals surface area contributed by atoms with Crippen molar-refractivity contribution < 1.29 is 9.90 Å². The molecular formula is C16H21N3O2. The van der Waals surface area contributed by atoms with E-state index in [1.165, 1.54) is 0 Å². The average Bonchev–Trinajstić information content (AvgIpc) is 2.93. The highest BCUT2D eigenvalue weighted by Crippen LogP contribution is 2.30. The summed E-state index contributed by atoms with van der Waals surface area (Å²) < 4.78 is 1.79. The van der Waals surface area contributed by atoms with Gasteiger partial charge in [0, 0.05) is 19.3 Å². The van der Waals surface area contributed by atoms with Crippen LogP contribution in [0.15, 0.2) is 36.7 Å². The zero-order chi connectivity index (χ0) is 15.5. The van der Waals surface area contributed by atoms with Crippen LogP contribution >= 0.6 is 0 Å². The van der Waals surface area contributed by atoms with Crippen molar-refractivity contribution in [2.24, 2.45) is 5.73 Å². The third kappa shape index (κ3) is 2.83. The van der Waals surface area contributed by atoms with E-state index in [1.54, 1.807) is 10.9 Å². The molecule has 0 radical (unpaired) electrons. The second-order valence-electron chi connectivity index (χ2n) is 5.29. The van der Waals surface area contributed by atoms with Gasteiger partial charge in [0.05, 0.1) is 6.20 Å². The Bertz CT molecular complexity index is 636. The zero-order valence-corrected chi connectivity index (χ0v) is 12.4. The Kier molecular flexibility index (Phi) is 4.43. The van der Waals surface area contributed by atoms with Gasteiger partial charge in [-0.3, -0.25) is 9.48 Å². The van der Waals surface area contributed by atoms with E-state index in [0.717, 1.165) is 23.2 Å². The SMILES string of the molecule is CCn1cc(CC(CN)(C(=O)O)c2ccccc2C)cn1. The molecule has 112 valence electrons. The maximum atomic E-state index is 12.0. The fourth-order valence-electron chi connectivity index (χ4n) is 2.68. The zero-order valence-electron chi connectivity index (χ0n) is 12.4. The van der Waals surface area contributed by atoms with Gasteiger partial charge < -0.3 is 10.8 Å². The summed E-state index contributed by atoms with van der Waals surface area (Å²) in [6, 6.07) is 7.51. The summed E-state index contributed by atoms with van der Waals surface area (Å²) in [5.41, 5.74) is 7.36. The van der Waals surface area contributed by atoms with Crippen LogP contribution in [0.3, 0.4) is 0 Å². The first-order chi connectivity index (χ1) is 10.0. The fraction of sp³-hybridized carbons (Fsp3) is 0.375. The largest absolute Gasteiger partial charge is 0.481 e. The van der Waals surface area contributed by atoms with Gasteiger partial charge in [0.2, 0.25) is 0 Å². The molecule has 0 saturated heterocycles. The number of hydrogen-bond acceptors (Lipinski definition) is 3. The normalized spacial score (nSPS) is 13.9. The Hall–Kier alpha value is -2.14. The van der Waals surface area contributed by atoms with Crippen LogP contribution in [0.5, 0.6) is 0 Å². The lowest BCUT2D eigenvalue weighted by molar-refractivity contribution is -0.143. The van der Waals surface area contributed by atoms with Crippen LogP contribution in [0, 0.1) is 6.92 Å². The molecule has 1 atom stereocenters. The van der Waals surface area contributed by atoms with Crippen LogP contribution in [-0.4, -0.2) is 27.4 Å². The van der Waals surface area contributed by atoms with E-state index in [9.17, 15) is 9.90 Å². The van der Waals surface area contributed by atoms with Crippen LogP contribution < -0.4 is 5.73 Å². The van der Waals surface area contributed by atoms with Gasteiger partial charge in [0.1, 0.15) is 5.41 Å². The topological polar surface area (TPSA) is 81.1 Å². The highest BCUT2D eigenvalue weighted by atomic mass is 16.4. The van der Waals surface area contributed by atoms with E-state index >= 15 is 0 Å². The Labute approximate surface area is 124 Å². The molecule has 0 fully saturated rings. The number of carbonyl (C=O) groups is 1. The molecule has 0 aliphatic heterocycles. The molecule has 0 spiro atoms. The van der Waals surface area contributed by atoms with Crippen molar-refractivity contribution in [3.63, 3.8) is 0 Å². The summed E-state index contributed by atoms with van der Waals surface area (Å²) in [5, 5.41) is 14.0. The molecule has 5 heteroatoms. The molecule has 1 heterocycles. The van der Waals surface area contributed by atoms with Crippen LogP contribution in [0.4, 0.5) is 0 Å². The maximum Gasteiger partial charge on any atom is 0.315 e. The maximum absolute atomic E-state index is 12.0. The molecule has 2 rings (SSSR count). The summed E-state index contributed by atoms with van der Waals surface area (Å²) in [5.74, 6) is -0.899.